The van der Waals surface area contributed by atoms with Gasteiger partial charge >= 0.3 is 0 Å². The molecule has 0 unspecified atom stereocenters. The van der Waals surface area contributed by atoms with Crippen molar-refractivity contribution >= 4 is 46.3 Å². The zero-order chi connectivity index (χ0) is 15.6. The molecule has 0 saturated carbocycles. The van der Waals surface area contributed by atoms with Crippen molar-refractivity contribution in [3.63, 3.8) is 0 Å². The molecule has 0 radical (unpaired) electrons. The molecule has 0 fully saturated rings. The molecule has 1 aromatic rings. The number of hydrogen-bond donors (Lipinski definition) is 0. The summed E-state index contributed by atoms with van der Waals surface area (Å²) in [6.07, 6.45) is 1.98. The molecule has 0 aliphatic rings. The number of rotatable bonds is 4. The van der Waals surface area contributed by atoms with Crippen molar-refractivity contribution in [2.24, 2.45) is 0 Å². The third-order valence-corrected chi connectivity index (χ3v) is 8.44. The van der Waals surface area contributed by atoms with Crippen LogP contribution in [0.2, 0.25) is 18.1 Å². The van der Waals surface area contributed by atoms with Crippen LogP contribution in [0.25, 0.3) is 6.08 Å². The molecule has 112 valence electrons. The molecule has 0 bridgehead atoms. The second kappa shape index (κ2) is 6.67. The first kappa shape index (κ1) is 17.8. The first-order chi connectivity index (χ1) is 9.06. The van der Waals surface area contributed by atoms with Gasteiger partial charge in [-0.25, -0.2) is 0 Å². The highest BCUT2D eigenvalue weighted by molar-refractivity contribution is 9.28. The summed E-state index contributed by atoms with van der Waals surface area (Å²) in [4.78, 5) is 0. The number of benzene rings is 1. The van der Waals surface area contributed by atoms with Gasteiger partial charge in [0, 0.05) is 0 Å². The minimum absolute atomic E-state index is 0.153. The van der Waals surface area contributed by atoms with Gasteiger partial charge in [0.05, 0.1) is 10.5 Å². The molecule has 0 heterocycles. The lowest BCUT2D eigenvalue weighted by atomic mass is 10.2. The molecule has 0 aliphatic carbocycles. The summed E-state index contributed by atoms with van der Waals surface area (Å²) in [5.41, 5.74) is 1.06. The standard InChI is InChI=1S/C15H22Br2O2Si/c1-15(2,3)20(5,6)19-13-9-11(10-14(16)17)7-8-12(13)18-4/h7-10H,1-6H3. The molecule has 0 saturated heterocycles. The molecule has 1 rings (SSSR count). The van der Waals surface area contributed by atoms with E-state index in [1.807, 2.05) is 24.3 Å². The van der Waals surface area contributed by atoms with E-state index in [1.165, 1.54) is 0 Å². The van der Waals surface area contributed by atoms with Crippen LogP contribution in [0, 0.1) is 0 Å². The Hall–Kier alpha value is -0.263. The monoisotopic (exact) mass is 420 g/mol. The van der Waals surface area contributed by atoms with Crippen molar-refractivity contribution in [1.82, 2.24) is 0 Å². The van der Waals surface area contributed by atoms with E-state index in [0.717, 1.165) is 20.5 Å². The number of ether oxygens (including phenoxy) is 1. The Bertz CT molecular complexity index is 501. The van der Waals surface area contributed by atoms with Gasteiger partial charge in [0.15, 0.2) is 5.75 Å². The SMILES string of the molecule is COc1ccc(C=C(Br)Br)cc1O[Si](C)(C)C(C)(C)C. The molecule has 0 aromatic heterocycles. The fraction of sp³-hybridized carbons (Fsp3) is 0.467. The van der Waals surface area contributed by atoms with Crippen molar-refractivity contribution < 1.29 is 9.16 Å². The highest BCUT2D eigenvalue weighted by Crippen LogP contribution is 2.40. The quantitative estimate of drug-likeness (QED) is 0.541. The first-order valence-electron chi connectivity index (χ1n) is 6.46. The van der Waals surface area contributed by atoms with E-state index < -0.39 is 8.32 Å². The van der Waals surface area contributed by atoms with Gasteiger partial charge in [-0.1, -0.05) is 26.8 Å². The highest BCUT2D eigenvalue weighted by Gasteiger charge is 2.39. The first-order valence-corrected chi connectivity index (χ1v) is 11.0. The Morgan fingerprint density at radius 1 is 1.15 bits per heavy atom. The summed E-state index contributed by atoms with van der Waals surface area (Å²) in [7, 11) is -0.210. The van der Waals surface area contributed by atoms with Crippen molar-refractivity contribution in [3.05, 3.63) is 27.2 Å². The highest BCUT2D eigenvalue weighted by atomic mass is 79.9. The normalized spacial score (nSPS) is 12.0. The fourth-order valence-electron chi connectivity index (χ4n) is 1.42. The van der Waals surface area contributed by atoms with Crippen molar-refractivity contribution in [2.75, 3.05) is 7.11 Å². The van der Waals surface area contributed by atoms with E-state index >= 15 is 0 Å². The Morgan fingerprint density at radius 3 is 2.20 bits per heavy atom. The van der Waals surface area contributed by atoms with Gasteiger partial charge in [0.1, 0.15) is 5.75 Å². The van der Waals surface area contributed by atoms with Crippen LogP contribution in [0.5, 0.6) is 11.5 Å². The second-order valence-corrected chi connectivity index (χ2v) is 13.7. The summed E-state index contributed by atoms with van der Waals surface area (Å²) in [6, 6.07) is 5.96. The van der Waals surface area contributed by atoms with Crippen LogP contribution in [0.15, 0.2) is 21.6 Å². The number of halogens is 2. The third-order valence-electron chi connectivity index (χ3n) is 3.63. The molecule has 0 spiro atoms. The molecule has 2 nitrogen and oxygen atoms in total. The molecule has 0 N–H and O–H groups in total. The van der Waals surface area contributed by atoms with Gasteiger partial charge < -0.3 is 9.16 Å². The van der Waals surface area contributed by atoms with Gasteiger partial charge in [-0.2, -0.15) is 0 Å². The Labute approximate surface area is 139 Å². The smallest absolute Gasteiger partial charge is 0.250 e. The summed E-state index contributed by atoms with van der Waals surface area (Å²) in [5.74, 6) is 1.59. The predicted molar refractivity (Wildman–Crippen MR) is 96.7 cm³/mol. The lowest BCUT2D eigenvalue weighted by Gasteiger charge is -2.36. The fourth-order valence-corrected chi connectivity index (χ4v) is 2.96. The van der Waals surface area contributed by atoms with Gasteiger partial charge in [-0.15, -0.1) is 0 Å². The van der Waals surface area contributed by atoms with E-state index in [-0.39, 0.29) is 5.04 Å². The van der Waals surface area contributed by atoms with E-state index in [1.54, 1.807) is 7.11 Å². The van der Waals surface area contributed by atoms with Crippen molar-refractivity contribution in [1.29, 1.82) is 0 Å². The van der Waals surface area contributed by atoms with Crippen LogP contribution < -0.4 is 9.16 Å². The molecular formula is C15H22Br2O2Si. The van der Waals surface area contributed by atoms with Crippen molar-refractivity contribution in [3.8, 4) is 11.5 Å². The van der Waals surface area contributed by atoms with E-state index in [2.05, 4.69) is 65.7 Å². The molecule has 20 heavy (non-hydrogen) atoms. The Kier molecular flexibility index (Phi) is 5.93. The predicted octanol–water partition coefficient (Wildman–Crippen LogP) is 6.17. The molecule has 0 amide bonds. The number of hydrogen-bond acceptors (Lipinski definition) is 2. The van der Waals surface area contributed by atoms with E-state index in [4.69, 9.17) is 9.16 Å². The molecular weight excluding hydrogens is 400 g/mol. The lowest BCUT2D eigenvalue weighted by molar-refractivity contribution is 0.386. The van der Waals surface area contributed by atoms with E-state index in [0.29, 0.717) is 0 Å². The maximum Gasteiger partial charge on any atom is 0.250 e. The second-order valence-electron chi connectivity index (χ2n) is 6.21. The average molecular weight is 422 g/mol. The molecule has 1 aromatic carbocycles. The van der Waals surface area contributed by atoms with Crippen LogP contribution in [0.3, 0.4) is 0 Å². The molecule has 0 aliphatic heterocycles. The van der Waals surface area contributed by atoms with Gasteiger partial charge in [0.2, 0.25) is 0 Å². The van der Waals surface area contributed by atoms with Gasteiger partial charge in [-0.3, -0.25) is 0 Å². The summed E-state index contributed by atoms with van der Waals surface area (Å²) in [6.45, 7) is 11.1. The maximum absolute atomic E-state index is 6.36. The summed E-state index contributed by atoms with van der Waals surface area (Å²) in [5, 5.41) is 0.153. The Balaban J connectivity index is 3.19. The Morgan fingerprint density at radius 2 is 1.75 bits per heavy atom. The van der Waals surface area contributed by atoms with Crippen LogP contribution in [0.1, 0.15) is 26.3 Å². The van der Waals surface area contributed by atoms with Gasteiger partial charge in [0.25, 0.3) is 8.32 Å². The minimum Gasteiger partial charge on any atom is -0.541 e. The van der Waals surface area contributed by atoms with Gasteiger partial charge in [-0.05, 0) is 73.8 Å². The van der Waals surface area contributed by atoms with Crippen LogP contribution in [0.4, 0.5) is 0 Å². The van der Waals surface area contributed by atoms with E-state index in [9.17, 15) is 0 Å². The van der Waals surface area contributed by atoms with Crippen LogP contribution in [-0.4, -0.2) is 15.4 Å². The number of methoxy groups -OCH3 is 1. The zero-order valence-corrected chi connectivity index (χ0v) is 17.1. The zero-order valence-electron chi connectivity index (χ0n) is 12.9. The topological polar surface area (TPSA) is 18.5 Å². The van der Waals surface area contributed by atoms with Crippen LogP contribution >= 0.6 is 31.9 Å². The average Bonchev–Trinajstić information content (AvgIpc) is 2.26. The van der Waals surface area contributed by atoms with Crippen molar-refractivity contribution in [2.45, 2.75) is 38.9 Å². The largest absolute Gasteiger partial charge is 0.541 e. The van der Waals surface area contributed by atoms with Crippen LogP contribution in [-0.2, 0) is 0 Å². The molecule has 5 heteroatoms. The minimum atomic E-state index is -1.88. The molecule has 0 atom stereocenters. The lowest BCUT2D eigenvalue weighted by Crippen LogP contribution is -2.43. The summed E-state index contributed by atoms with van der Waals surface area (Å²) >= 11 is 6.76. The maximum atomic E-state index is 6.36. The third kappa shape index (κ3) is 4.64. The summed E-state index contributed by atoms with van der Waals surface area (Å²) < 4.78 is 12.7.